The molecule has 0 aliphatic heterocycles. The molecular weight excluding hydrogens is 560 g/mol. The number of benzene rings is 1. The number of carbonyl (C=O) groups is 3. The number of unbranched alkanes of at least 4 members (excludes halogenated alkanes) is 1. The summed E-state index contributed by atoms with van der Waals surface area (Å²) in [6, 6.07) is 6.57. The first-order chi connectivity index (χ1) is 19.2. The number of hydrogen-bond donors (Lipinski definition) is 5. The van der Waals surface area contributed by atoms with Crippen molar-refractivity contribution in [1.29, 1.82) is 0 Å². The molecule has 42 heavy (non-hydrogen) atoms. The third kappa shape index (κ3) is 13.7. The highest BCUT2D eigenvalue weighted by Crippen LogP contribution is 2.24. The van der Waals surface area contributed by atoms with Crippen LogP contribution in [-0.2, 0) is 14.3 Å². The summed E-state index contributed by atoms with van der Waals surface area (Å²) in [6.07, 6.45) is 1.44. The Morgan fingerprint density at radius 3 is 2.17 bits per heavy atom. The predicted molar refractivity (Wildman–Crippen MR) is 168 cm³/mol. The van der Waals surface area contributed by atoms with E-state index in [1.165, 1.54) is 0 Å². The fourth-order valence-corrected chi connectivity index (χ4v) is 4.37. The molecule has 1 rings (SSSR count). The second-order valence-corrected chi connectivity index (χ2v) is 12.3. The molecule has 0 fully saturated rings. The smallest absolute Gasteiger partial charge is 0.255 e. The number of halogens is 1. The van der Waals surface area contributed by atoms with Crippen molar-refractivity contribution in [3.63, 3.8) is 0 Å². The summed E-state index contributed by atoms with van der Waals surface area (Å²) in [5.74, 6) is -0.761. The van der Waals surface area contributed by atoms with Gasteiger partial charge in [0.15, 0.2) is 0 Å². The van der Waals surface area contributed by atoms with Gasteiger partial charge in [0, 0.05) is 38.8 Å². The van der Waals surface area contributed by atoms with E-state index >= 15 is 0 Å². The number of para-hydroxylation sites is 1. The summed E-state index contributed by atoms with van der Waals surface area (Å²) in [4.78, 5) is 37.6. The fraction of sp³-hybridized carbons (Fsp3) is 0.710. The normalized spacial score (nSPS) is 14.5. The van der Waals surface area contributed by atoms with Crippen molar-refractivity contribution in [2.75, 3.05) is 33.4 Å². The maximum atomic E-state index is 13.1. The number of amides is 3. The lowest BCUT2D eigenvalue weighted by atomic mass is 9.83. The molecule has 242 valence electrons. The Hall–Kier alpha value is -2.40. The van der Waals surface area contributed by atoms with E-state index in [-0.39, 0.29) is 54.9 Å². The number of primary amides is 1. The maximum absolute atomic E-state index is 13.1. The van der Waals surface area contributed by atoms with E-state index in [0.29, 0.717) is 37.5 Å². The number of nitrogens with two attached hydrogens (primary N) is 2. The molecule has 11 heteroatoms. The van der Waals surface area contributed by atoms with Gasteiger partial charge in [0.1, 0.15) is 5.75 Å². The van der Waals surface area contributed by atoms with Crippen molar-refractivity contribution in [2.45, 2.75) is 79.4 Å². The van der Waals surface area contributed by atoms with E-state index in [1.54, 1.807) is 39.2 Å². The number of carbonyl (C=O) groups excluding carboxylic acids is 3. The summed E-state index contributed by atoms with van der Waals surface area (Å²) >= 11 is 0. The van der Waals surface area contributed by atoms with Crippen LogP contribution in [0.3, 0.4) is 0 Å². The van der Waals surface area contributed by atoms with E-state index in [9.17, 15) is 19.5 Å². The first-order valence-electron chi connectivity index (χ1n) is 14.7. The van der Waals surface area contributed by atoms with Crippen molar-refractivity contribution in [3.05, 3.63) is 29.8 Å². The lowest BCUT2D eigenvalue weighted by Crippen LogP contribution is -2.47. The van der Waals surface area contributed by atoms with Crippen LogP contribution in [-0.4, -0.2) is 68.4 Å². The van der Waals surface area contributed by atoms with Crippen LogP contribution in [0.2, 0.25) is 0 Å². The number of nitrogens with one attached hydrogen (secondary N) is 2. The second kappa shape index (κ2) is 19.7. The molecule has 0 aliphatic carbocycles. The third-order valence-corrected chi connectivity index (χ3v) is 7.68. The van der Waals surface area contributed by atoms with Crippen molar-refractivity contribution in [3.8, 4) is 5.75 Å². The zero-order chi connectivity index (χ0) is 31.2. The zero-order valence-corrected chi connectivity index (χ0v) is 27.3. The SMILES string of the molecule is COCCCCOc1ccccc1C(=O)NCC(CC(N)C(O)CC(C(=O)NCC(C)(C)C(N)=O)C(C)C)C(C)C.Cl. The Balaban J connectivity index is 0.0000168. The van der Waals surface area contributed by atoms with E-state index in [1.807, 2.05) is 19.9 Å². The average molecular weight is 615 g/mol. The fourth-order valence-electron chi connectivity index (χ4n) is 4.37. The quantitative estimate of drug-likeness (QED) is 0.141. The van der Waals surface area contributed by atoms with Crippen LogP contribution in [0.4, 0.5) is 0 Å². The van der Waals surface area contributed by atoms with Crippen molar-refractivity contribution in [1.82, 2.24) is 10.6 Å². The number of methoxy groups -OCH3 is 1. The van der Waals surface area contributed by atoms with E-state index in [4.69, 9.17) is 20.9 Å². The van der Waals surface area contributed by atoms with Crippen molar-refractivity contribution < 1.29 is 29.0 Å². The minimum atomic E-state index is -0.915. The molecule has 4 unspecified atom stereocenters. The second-order valence-electron chi connectivity index (χ2n) is 12.3. The van der Waals surface area contributed by atoms with Crippen LogP contribution in [0.1, 0.15) is 77.6 Å². The Morgan fingerprint density at radius 1 is 0.976 bits per heavy atom. The standard InChI is InChI=1S/C31H54N4O6.ClH/c1-20(2)22(18-34-28(37)23-12-8-9-13-27(23)41-15-11-10-14-40-7)16-25(32)26(36)17-24(21(3)4)29(38)35-19-31(5,6)30(33)39;/h8-9,12-13,20-22,24-26,36H,10-11,14-19,32H2,1-7H3,(H2,33,39)(H,34,37)(H,35,38);1H. The lowest BCUT2D eigenvalue weighted by Gasteiger charge is -2.30. The highest BCUT2D eigenvalue weighted by atomic mass is 35.5. The minimum absolute atomic E-state index is 0. The molecule has 1 aromatic rings. The molecule has 0 saturated carbocycles. The van der Waals surface area contributed by atoms with Gasteiger partial charge in [0.25, 0.3) is 5.91 Å². The Bertz CT molecular complexity index is 959. The number of aliphatic hydroxyl groups excluding tert-OH is 1. The van der Waals surface area contributed by atoms with Crippen LogP contribution < -0.4 is 26.8 Å². The highest BCUT2D eigenvalue weighted by molar-refractivity contribution is 5.96. The topological polar surface area (TPSA) is 166 Å². The molecular formula is C31H55ClN4O6. The molecule has 4 atom stereocenters. The maximum Gasteiger partial charge on any atom is 0.255 e. The molecule has 10 nitrogen and oxygen atoms in total. The highest BCUT2D eigenvalue weighted by Gasteiger charge is 2.32. The molecule has 0 aromatic heterocycles. The van der Waals surface area contributed by atoms with E-state index < -0.39 is 29.4 Å². The summed E-state index contributed by atoms with van der Waals surface area (Å²) in [5.41, 5.74) is 11.4. The number of hydrogen-bond acceptors (Lipinski definition) is 7. The summed E-state index contributed by atoms with van der Waals surface area (Å²) in [6.45, 7) is 12.9. The zero-order valence-electron chi connectivity index (χ0n) is 26.5. The van der Waals surface area contributed by atoms with E-state index in [0.717, 1.165) is 12.8 Å². The lowest BCUT2D eigenvalue weighted by molar-refractivity contribution is -0.130. The van der Waals surface area contributed by atoms with Crippen molar-refractivity contribution in [2.24, 2.45) is 40.6 Å². The Kier molecular flexibility index (Phi) is 18.6. The van der Waals surface area contributed by atoms with Crippen molar-refractivity contribution >= 4 is 30.1 Å². The largest absolute Gasteiger partial charge is 0.493 e. The Morgan fingerprint density at radius 2 is 1.60 bits per heavy atom. The van der Waals surface area contributed by atoms with Crippen LogP contribution in [0.25, 0.3) is 0 Å². The van der Waals surface area contributed by atoms with Crippen LogP contribution >= 0.6 is 12.4 Å². The van der Waals surface area contributed by atoms with Crippen LogP contribution in [0, 0.1) is 29.1 Å². The van der Waals surface area contributed by atoms with Gasteiger partial charge in [-0.3, -0.25) is 14.4 Å². The molecule has 3 amide bonds. The molecule has 7 N–H and O–H groups in total. The molecule has 0 bridgehead atoms. The number of rotatable bonds is 20. The minimum Gasteiger partial charge on any atom is -0.493 e. The van der Waals surface area contributed by atoms with Gasteiger partial charge in [-0.15, -0.1) is 12.4 Å². The molecule has 0 aliphatic rings. The Labute approximate surface area is 258 Å². The first kappa shape index (κ1) is 39.6. The molecule has 0 radical (unpaired) electrons. The molecule has 0 saturated heterocycles. The van der Waals surface area contributed by atoms with Gasteiger partial charge in [0.05, 0.1) is 23.7 Å². The average Bonchev–Trinajstić information content (AvgIpc) is 2.91. The molecule has 0 spiro atoms. The monoisotopic (exact) mass is 614 g/mol. The van der Waals surface area contributed by atoms with Gasteiger partial charge in [0.2, 0.25) is 11.8 Å². The summed E-state index contributed by atoms with van der Waals surface area (Å²) in [7, 11) is 1.66. The summed E-state index contributed by atoms with van der Waals surface area (Å²) in [5, 5.41) is 16.8. The van der Waals surface area contributed by atoms with Gasteiger partial charge in [-0.25, -0.2) is 0 Å². The van der Waals surface area contributed by atoms with Gasteiger partial charge in [-0.1, -0.05) is 39.8 Å². The van der Waals surface area contributed by atoms with Gasteiger partial charge in [-0.2, -0.15) is 0 Å². The van der Waals surface area contributed by atoms with Gasteiger partial charge >= 0.3 is 0 Å². The van der Waals surface area contributed by atoms with E-state index in [2.05, 4.69) is 24.5 Å². The first-order valence-corrected chi connectivity index (χ1v) is 14.7. The number of ether oxygens (including phenoxy) is 2. The molecule has 1 aromatic carbocycles. The van der Waals surface area contributed by atoms with Crippen LogP contribution in [0.5, 0.6) is 5.75 Å². The van der Waals surface area contributed by atoms with Gasteiger partial charge in [-0.05, 0) is 69.4 Å². The van der Waals surface area contributed by atoms with Gasteiger partial charge < -0.3 is 36.7 Å². The number of aliphatic hydroxyl groups is 1. The third-order valence-electron chi connectivity index (χ3n) is 7.68. The molecule has 0 heterocycles. The summed E-state index contributed by atoms with van der Waals surface area (Å²) < 4.78 is 10.9. The van der Waals surface area contributed by atoms with Crippen LogP contribution in [0.15, 0.2) is 24.3 Å². The predicted octanol–water partition coefficient (Wildman–Crippen LogP) is 3.28.